The normalized spacial score (nSPS) is 12.0. The van der Waals surface area contributed by atoms with Gasteiger partial charge in [-0.25, -0.2) is 0 Å². The lowest BCUT2D eigenvalue weighted by Gasteiger charge is -2.13. The number of rotatable bonds is 9. The number of para-hydroxylation sites is 2. The molecule has 8 heteroatoms. The Kier molecular flexibility index (Phi) is 7.05. The van der Waals surface area contributed by atoms with Crippen LogP contribution in [0.1, 0.15) is 33.6 Å². The molecular formula is C16H23N5O2S. The molecule has 0 bridgehead atoms. The minimum absolute atomic E-state index is 0.0198. The third kappa shape index (κ3) is 4.95. The number of nitrogens with one attached hydrogen (secondary N) is 1. The fraction of sp³-hybridized carbons (Fsp3) is 0.500. The maximum Gasteiger partial charge on any atom is 0.230 e. The largest absolute Gasteiger partial charge is 0.492 e. The number of ether oxygens (including phenoxy) is 1. The summed E-state index contributed by atoms with van der Waals surface area (Å²) in [5.74, 6) is 0.953. The number of thioether (sulfide) groups is 1. The van der Waals surface area contributed by atoms with Crippen LogP contribution in [-0.2, 0) is 4.79 Å². The number of carbonyl (C=O) groups is 1. The number of tetrazole rings is 1. The number of amides is 1. The Morgan fingerprint density at radius 2 is 2.17 bits per heavy atom. The lowest BCUT2D eigenvalue weighted by molar-refractivity contribution is -0.119. The summed E-state index contributed by atoms with van der Waals surface area (Å²) in [6.07, 6.45) is 2.01. The Morgan fingerprint density at radius 1 is 1.38 bits per heavy atom. The number of hydrogen-bond donors (Lipinski definition) is 1. The van der Waals surface area contributed by atoms with Gasteiger partial charge in [-0.2, -0.15) is 4.68 Å². The van der Waals surface area contributed by atoms with Gasteiger partial charge in [-0.1, -0.05) is 37.2 Å². The molecule has 0 aliphatic heterocycles. The minimum atomic E-state index is -0.0198. The monoisotopic (exact) mass is 349 g/mol. The maximum absolute atomic E-state index is 12.0. The highest BCUT2D eigenvalue weighted by molar-refractivity contribution is 7.99. The number of carbonyl (C=O) groups excluding carboxylic acids is 1. The Bertz CT molecular complexity index is 661. The molecule has 0 radical (unpaired) electrons. The van der Waals surface area contributed by atoms with Crippen LogP contribution < -0.4 is 10.1 Å². The van der Waals surface area contributed by atoms with Gasteiger partial charge in [-0.15, -0.1) is 5.10 Å². The predicted octanol–water partition coefficient (Wildman–Crippen LogP) is 2.46. The van der Waals surface area contributed by atoms with Crippen molar-refractivity contribution in [2.24, 2.45) is 0 Å². The van der Waals surface area contributed by atoms with Crippen LogP contribution in [0.2, 0.25) is 0 Å². The van der Waals surface area contributed by atoms with E-state index in [1.165, 1.54) is 11.8 Å². The molecule has 0 aliphatic carbocycles. The quantitative estimate of drug-likeness (QED) is 0.700. The molecule has 2 aromatic rings. The molecule has 7 nitrogen and oxygen atoms in total. The Balaban J connectivity index is 2.05. The predicted molar refractivity (Wildman–Crippen MR) is 93.6 cm³/mol. The molecule has 1 N–H and O–H groups in total. The smallest absolute Gasteiger partial charge is 0.230 e. The second-order valence-corrected chi connectivity index (χ2v) is 6.26. The van der Waals surface area contributed by atoms with Crippen LogP contribution in [0.15, 0.2) is 29.4 Å². The van der Waals surface area contributed by atoms with E-state index in [9.17, 15) is 4.79 Å². The molecule has 2 rings (SSSR count). The average Bonchev–Trinajstić information content (AvgIpc) is 3.02. The molecule has 0 spiro atoms. The summed E-state index contributed by atoms with van der Waals surface area (Å²) < 4.78 is 7.21. The van der Waals surface area contributed by atoms with Crippen molar-refractivity contribution in [3.05, 3.63) is 24.3 Å². The fourth-order valence-electron chi connectivity index (χ4n) is 2.28. The van der Waals surface area contributed by atoms with Crippen LogP contribution in [0, 0.1) is 0 Å². The molecule has 130 valence electrons. The van der Waals surface area contributed by atoms with Crippen molar-refractivity contribution < 1.29 is 9.53 Å². The van der Waals surface area contributed by atoms with Gasteiger partial charge in [0.25, 0.3) is 0 Å². The molecule has 0 aliphatic rings. The highest BCUT2D eigenvalue weighted by Crippen LogP contribution is 2.25. The highest BCUT2D eigenvalue weighted by atomic mass is 32.2. The third-order valence-electron chi connectivity index (χ3n) is 3.30. The number of benzene rings is 1. The van der Waals surface area contributed by atoms with E-state index in [0.717, 1.165) is 18.5 Å². The van der Waals surface area contributed by atoms with Crippen LogP contribution in [0.3, 0.4) is 0 Å². The molecule has 0 saturated heterocycles. The van der Waals surface area contributed by atoms with Gasteiger partial charge in [0.2, 0.25) is 11.1 Å². The number of nitrogens with zero attached hydrogens (tertiary/aromatic N) is 4. The first kappa shape index (κ1) is 18.3. The standard InChI is InChI=1S/C16H23N5O2S/c1-4-8-12(3)17-15(22)11-24-16-18-19-20-21(16)13-9-6-7-10-14(13)23-5-2/h6-7,9-10,12H,4-5,8,11H2,1-3H3,(H,17,22). The molecule has 24 heavy (non-hydrogen) atoms. The summed E-state index contributed by atoms with van der Waals surface area (Å²) in [6, 6.07) is 7.72. The lowest BCUT2D eigenvalue weighted by Crippen LogP contribution is -2.33. The van der Waals surface area contributed by atoms with Crippen LogP contribution >= 0.6 is 11.8 Å². The van der Waals surface area contributed by atoms with Gasteiger partial charge >= 0.3 is 0 Å². The van der Waals surface area contributed by atoms with E-state index in [1.54, 1.807) is 4.68 Å². The zero-order valence-corrected chi connectivity index (χ0v) is 15.0. The van der Waals surface area contributed by atoms with Gasteiger partial charge in [-0.05, 0) is 42.8 Å². The van der Waals surface area contributed by atoms with E-state index < -0.39 is 0 Å². The molecule has 1 aromatic heterocycles. The van der Waals surface area contributed by atoms with Crippen molar-refractivity contribution in [3.8, 4) is 11.4 Å². The van der Waals surface area contributed by atoms with Crippen LogP contribution in [0.5, 0.6) is 5.75 Å². The van der Waals surface area contributed by atoms with E-state index in [0.29, 0.717) is 17.5 Å². The SMILES string of the molecule is CCCC(C)NC(=O)CSc1nnnn1-c1ccccc1OCC. The summed E-state index contributed by atoms with van der Waals surface area (Å²) in [5.41, 5.74) is 0.756. The summed E-state index contributed by atoms with van der Waals surface area (Å²) >= 11 is 1.30. The van der Waals surface area contributed by atoms with Gasteiger partial charge in [0.1, 0.15) is 11.4 Å². The average molecular weight is 349 g/mol. The molecule has 1 heterocycles. The molecule has 1 atom stereocenters. The van der Waals surface area contributed by atoms with Crippen LogP contribution in [0.4, 0.5) is 0 Å². The maximum atomic E-state index is 12.0. The van der Waals surface area contributed by atoms with Gasteiger partial charge in [0.15, 0.2) is 0 Å². The van der Waals surface area contributed by atoms with E-state index in [-0.39, 0.29) is 17.7 Å². The first-order valence-corrected chi connectivity index (χ1v) is 9.07. The van der Waals surface area contributed by atoms with E-state index in [4.69, 9.17) is 4.74 Å². The zero-order chi connectivity index (χ0) is 17.4. The zero-order valence-electron chi connectivity index (χ0n) is 14.2. The molecule has 1 aromatic carbocycles. The molecule has 0 saturated carbocycles. The summed E-state index contributed by atoms with van der Waals surface area (Å²) in [4.78, 5) is 12.0. The second kappa shape index (κ2) is 9.27. The first-order chi connectivity index (χ1) is 11.7. The topological polar surface area (TPSA) is 81.9 Å². The molecule has 1 amide bonds. The van der Waals surface area contributed by atoms with Crippen molar-refractivity contribution in [2.45, 2.75) is 44.8 Å². The Labute approximate surface area is 146 Å². The van der Waals surface area contributed by atoms with Gasteiger partial charge < -0.3 is 10.1 Å². The van der Waals surface area contributed by atoms with Crippen LogP contribution in [-0.4, -0.2) is 44.5 Å². The van der Waals surface area contributed by atoms with Crippen molar-refractivity contribution in [1.29, 1.82) is 0 Å². The van der Waals surface area contributed by atoms with Crippen molar-refractivity contribution in [3.63, 3.8) is 0 Å². The fourth-order valence-corrected chi connectivity index (χ4v) is 2.98. The summed E-state index contributed by atoms with van der Waals surface area (Å²) in [7, 11) is 0. The third-order valence-corrected chi connectivity index (χ3v) is 4.21. The van der Waals surface area contributed by atoms with E-state index in [1.807, 2.05) is 38.1 Å². The van der Waals surface area contributed by atoms with E-state index in [2.05, 4.69) is 27.8 Å². The van der Waals surface area contributed by atoms with Gasteiger partial charge in [0, 0.05) is 6.04 Å². The molecule has 1 unspecified atom stereocenters. The second-order valence-electron chi connectivity index (χ2n) is 5.32. The van der Waals surface area contributed by atoms with Crippen molar-refractivity contribution in [1.82, 2.24) is 25.5 Å². The minimum Gasteiger partial charge on any atom is -0.492 e. The Hall–Kier alpha value is -2.09. The number of aromatic nitrogens is 4. The van der Waals surface area contributed by atoms with Crippen molar-refractivity contribution in [2.75, 3.05) is 12.4 Å². The summed E-state index contributed by atoms with van der Waals surface area (Å²) in [5, 5.41) is 15.3. The van der Waals surface area contributed by atoms with Crippen molar-refractivity contribution >= 4 is 17.7 Å². The number of hydrogen-bond acceptors (Lipinski definition) is 6. The highest BCUT2D eigenvalue weighted by Gasteiger charge is 2.15. The Morgan fingerprint density at radius 3 is 2.92 bits per heavy atom. The van der Waals surface area contributed by atoms with E-state index >= 15 is 0 Å². The van der Waals surface area contributed by atoms with Gasteiger partial charge in [0.05, 0.1) is 12.4 Å². The lowest BCUT2D eigenvalue weighted by atomic mass is 10.2. The molecular weight excluding hydrogens is 326 g/mol. The summed E-state index contributed by atoms with van der Waals surface area (Å²) in [6.45, 7) is 6.59. The van der Waals surface area contributed by atoms with Crippen LogP contribution in [0.25, 0.3) is 5.69 Å². The molecule has 0 fully saturated rings. The van der Waals surface area contributed by atoms with Gasteiger partial charge in [-0.3, -0.25) is 4.79 Å². The first-order valence-electron chi connectivity index (χ1n) is 8.08.